The number of thioether (sulfide) groups is 2. The first-order valence-corrected chi connectivity index (χ1v) is 30.9. The predicted octanol–water partition coefficient (Wildman–Crippen LogP) is 9.24. The Morgan fingerprint density at radius 1 is 0.478 bits per heavy atom. The number of carbonyl (C=O) groups is 10. The third kappa shape index (κ3) is 23.0. The molecule has 0 aromatic heterocycles. The highest BCUT2D eigenvalue weighted by Crippen LogP contribution is 2.59. The average Bonchev–Trinajstić information content (AvgIpc) is 1.73. The molecule has 6 rings (SSSR count). The molecule has 3 aromatic rings. The molecular formula is C65H70N2O21S2. The summed E-state index contributed by atoms with van der Waals surface area (Å²) in [5.74, 6) is -6.73. The maximum Gasteiger partial charge on any atom is 0.330 e. The van der Waals surface area contributed by atoms with Gasteiger partial charge in [-0.2, -0.15) is 10.5 Å². The Hall–Kier alpha value is -8.78. The van der Waals surface area contributed by atoms with E-state index in [2.05, 4.69) is 13.2 Å². The summed E-state index contributed by atoms with van der Waals surface area (Å²) < 4.78 is 59.7. The largest absolute Gasteiger partial charge is 0.465 e. The summed E-state index contributed by atoms with van der Waals surface area (Å²) in [6.45, 7) is 11.6. The molecule has 0 radical (unpaired) electrons. The Bertz CT molecular complexity index is 3210. The maximum absolute atomic E-state index is 13.7. The lowest BCUT2D eigenvalue weighted by atomic mass is 9.82. The van der Waals surface area contributed by atoms with Crippen LogP contribution in [0.15, 0.2) is 106 Å². The quantitative estimate of drug-likeness (QED) is 0.0190. The molecule has 3 atom stereocenters. The SMILES string of the molecule is C=CC(=O)OCC(C)OC(=O)CCC(=O)OCCc1ccc(OC(=O)C2CCC(C(=O)Oc3ccc(OC(=O)C4CCC(C(=O)Oc5ccc(CCOC(=O)CCC(=O)OC(C)COCC(C)OC(=O)C=C)cc5)CC4)c4c3SC(=C(C#N)C#N)S4)CC2)cc1. The lowest BCUT2D eigenvalue weighted by Crippen LogP contribution is -2.30. The van der Waals surface area contributed by atoms with Crippen LogP contribution in [0, 0.1) is 46.3 Å². The molecule has 3 aromatic carbocycles. The summed E-state index contributed by atoms with van der Waals surface area (Å²) in [5.41, 5.74) is 1.43. The number of allylic oxidation sites excluding steroid dienone is 1. The van der Waals surface area contributed by atoms with E-state index in [0.717, 1.165) is 46.8 Å². The third-order valence-electron chi connectivity index (χ3n) is 14.2. The minimum atomic E-state index is -0.700. The Kier molecular flexibility index (Phi) is 28.1. The molecule has 2 aliphatic carbocycles. The Morgan fingerprint density at radius 3 is 1.21 bits per heavy atom. The van der Waals surface area contributed by atoms with Crippen molar-refractivity contribution in [3.8, 4) is 35.1 Å². The summed E-state index contributed by atoms with van der Waals surface area (Å²) in [7, 11) is 0. The fourth-order valence-corrected chi connectivity index (χ4v) is 11.8. The first-order chi connectivity index (χ1) is 43.2. The van der Waals surface area contributed by atoms with E-state index in [1.807, 2.05) is 12.1 Å². The minimum absolute atomic E-state index is 0.0468. The molecule has 3 unspecified atom stereocenters. The van der Waals surface area contributed by atoms with Crippen molar-refractivity contribution >= 4 is 83.2 Å². The summed E-state index contributed by atoms with van der Waals surface area (Å²) in [6, 6.07) is 20.2. The van der Waals surface area contributed by atoms with Gasteiger partial charge in [-0.05, 0) is 120 Å². The number of hydrogen-bond donors (Lipinski definition) is 0. The van der Waals surface area contributed by atoms with E-state index in [1.54, 1.807) is 69.3 Å². The van der Waals surface area contributed by atoms with Crippen LogP contribution in [0.25, 0.3) is 0 Å². The highest BCUT2D eigenvalue weighted by atomic mass is 32.2. The summed E-state index contributed by atoms with van der Waals surface area (Å²) in [5, 5.41) is 19.4. The van der Waals surface area contributed by atoms with Gasteiger partial charge in [0.25, 0.3) is 0 Å². The van der Waals surface area contributed by atoms with Gasteiger partial charge in [-0.1, -0.05) is 60.9 Å². The molecule has 1 heterocycles. The number of ether oxygens (including phenoxy) is 11. The molecule has 23 nitrogen and oxygen atoms in total. The van der Waals surface area contributed by atoms with Gasteiger partial charge in [-0.15, -0.1) is 0 Å². The van der Waals surface area contributed by atoms with Crippen LogP contribution in [0.3, 0.4) is 0 Å². The van der Waals surface area contributed by atoms with Gasteiger partial charge >= 0.3 is 59.7 Å². The highest BCUT2D eigenvalue weighted by Gasteiger charge is 2.37. The van der Waals surface area contributed by atoms with Crippen molar-refractivity contribution in [2.45, 2.75) is 139 Å². The standard InChI is InChI=1S/C65H70N2O21S2/c1-6-53(68)81-38-41(5)84-58(73)29-27-56(71)80-33-31-43-10-22-50(23-11-43)86-62(75)45-14-18-47(19-15-45)64(77)88-52-25-24-51(59-60(52)90-65(89-59)48(34-66)35-67)87-63(76)46-16-12-44(13-17-46)61(74)85-49-20-8-42(9-21-49)30-32-79-55(70)26-28-57(72)83-40(4)37-78-36-39(3)82-54(69)7-2/h6-11,20-25,39-41,44-47H,1-2,12-19,26-33,36-38H2,3-5H3. The molecular weight excluding hydrogens is 1210 g/mol. The van der Waals surface area contributed by atoms with Gasteiger partial charge in [0, 0.05) is 25.0 Å². The molecule has 0 spiro atoms. The van der Waals surface area contributed by atoms with E-state index < -0.39 is 102 Å². The predicted molar refractivity (Wildman–Crippen MR) is 319 cm³/mol. The summed E-state index contributed by atoms with van der Waals surface area (Å²) >= 11 is 2.09. The van der Waals surface area contributed by atoms with Crippen molar-refractivity contribution in [1.29, 1.82) is 10.5 Å². The highest BCUT2D eigenvalue weighted by molar-refractivity contribution is 8.24. The minimum Gasteiger partial charge on any atom is -0.465 e. The van der Waals surface area contributed by atoms with Crippen LogP contribution in [0.2, 0.25) is 0 Å². The average molecular weight is 1280 g/mol. The van der Waals surface area contributed by atoms with Gasteiger partial charge in [-0.3, -0.25) is 38.4 Å². The number of benzene rings is 3. The number of fused-ring (bicyclic) bond motifs is 1. The van der Waals surface area contributed by atoms with Gasteiger partial charge in [0.05, 0.1) is 89.8 Å². The van der Waals surface area contributed by atoms with Crippen molar-refractivity contribution in [3.63, 3.8) is 0 Å². The molecule has 3 aliphatic rings. The Balaban J connectivity index is 0.885. The molecule has 478 valence electrons. The lowest BCUT2D eigenvalue weighted by molar-refractivity contribution is -0.157. The van der Waals surface area contributed by atoms with E-state index in [9.17, 15) is 58.5 Å². The molecule has 0 saturated heterocycles. The number of hydrogen-bond acceptors (Lipinski definition) is 25. The molecule has 0 N–H and O–H groups in total. The van der Waals surface area contributed by atoms with Crippen molar-refractivity contribution < 1.29 is 100 Å². The van der Waals surface area contributed by atoms with Crippen molar-refractivity contribution in [1.82, 2.24) is 0 Å². The van der Waals surface area contributed by atoms with E-state index in [0.29, 0.717) is 89.7 Å². The van der Waals surface area contributed by atoms with E-state index in [4.69, 9.17) is 52.1 Å². The van der Waals surface area contributed by atoms with Gasteiger partial charge in [0.1, 0.15) is 65.6 Å². The second-order valence-corrected chi connectivity index (χ2v) is 23.5. The van der Waals surface area contributed by atoms with Crippen LogP contribution in [-0.2, 0) is 93.9 Å². The van der Waals surface area contributed by atoms with Gasteiger partial charge in [0.15, 0.2) is 0 Å². The van der Waals surface area contributed by atoms with Crippen LogP contribution in [-0.4, -0.2) is 111 Å². The van der Waals surface area contributed by atoms with Crippen LogP contribution in [0.4, 0.5) is 0 Å². The van der Waals surface area contributed by atoms with E-state index >= 15 is 0 Å². The molecule has 1 aliphatic heterocycles. The van der Waals surface area contributed by atoms with E-state index in [1.165, 1.54) is 12.1 Å². The number of carbonyl (C=O) groups excluding carboxylic acids is 10. The topological polar surface area (TPSA) is 320 Å². The van der Waals surface area contributed by atoms with Crippen molar-refractivity contribution in [3.05, 3.63) is 107 Å². The number of rotatable bonds is 31. The van der Waals surface area contributed by atoms with Gasteiger partial charge in [0.2, 0.25) is 0 Å². The first kappa shape index (κ1) is 70.3. The van der Waals surface area contributed by atoms with Crippen LogP contribution in [0.1, 0.15) is 109 Å². The van der Waals surface area contributed by atoms with Crippen molar-refractivity contribution in [2.75, 3.05) is 33.0 Å². The zero-order valence-electron chi connectivity index (χ0n) is 50.1. The molecule has 90 heavy (non-hydrogen) atoms. The van der Waals surface area contributed by atoms with Crippen LogP contribution in [0.5, 0.6) is 23.0 Å². The Labute approximate surface area is 529 Å². The summed E-state index contributed by atoms with van der Waals surface area (Å²) in [4.78, 5) is 126. The fourth-order valence-electron chi connectivity index (χ4n) is 9.36. The van der Waals surface area contributed by atoms with Gasteiger partial charge < -0.3 is 52.1 Å². The third-order valence-corrected chi connectivity index (χ3v) is 16.8. The lowest BCUT2D eigenvalue weighted by Gasteiger charge is -2.26. The summed E-state index contributed by atoms with van der Waals surface area (Å²) in [6.07, 6.45) is 2.97. The van der Waals surface area contributed by atoms with Crippen LogP contribution >= 0.6 is 23.5 Å². The van der Waals surface area contributed by atoms with E-state index in [-0.39, 0.29) is 75.8 Å². The molecule has 0 bridgehead atoms. The van der Waals surface area contributed by atoms with Crippen LogP contribution < -0.4 is 18.9 Å². The second-order valence-electron chi connectivity index (χ2n) is 21.2. The van der Waals surface area contributed by atoms with Gasteiger partial charge in [-0.25, -0.2) is 9.59 Å². The zero-order chi connectivity index (χ0) is 65.1. The van der Waals surface area contributed by atoms with Crippen molar-refractivity contribution in [2.24, 2.45) is 23.7 Å². The molecule has 25 heteroatoms. The number of nitrogens with zero attached hydrogens (tertiary/aromatic N) is 2. The molecule has 2 fully saturated rings. The zero-order valence-corrected chi connectivity index (χ0v) is 51.7. The number of nitriles is 2. The second kappa shape index (κ2) is 36.0. The Morgan fingerprint density at radius 2 is 0.833 bits per heavy atom. The normalized spacial score (nSPS) is 17.5. The number of esters is 10. The first-order valence-electron chi connectivity index (χ1n) is 29.3. The monoisotopic (exact) mass is 1280 g/mol. The smallest absolute Gasteiger partial charge is 0.330 e. The fraction of sp³-hybridized carbons (Fsp3) is 0.446. The molecule has 2 saturated carbocycles. The molecule has 0 amide bonds. The maximum atomic E-state index is 13.7.